The number of urea groups is 1. The van der Waals surface area contributed by atoms with E-state index in [1.54, 1.807) is 28.1 Å². The van der Waals surface area contributed by atoms with Gasteiger partial charge in [-0.3, -0.25) is 9.69 Å². The Morgan fingerprint density at radius 3 is 2.80 bits per heavy atom. The van der Waals surface area contributed by atoms with Crippen LogP contribution in [0.3, 0.4) is 0 Å². The summed E-state index contributed by atoms with van der Waals surface area (Å²) in [5, 5.41) is 2.69. The second kappa shape index (κ2) is 8.24. The minimum absolute atomic E-state index is 0.0599. The largest absolute Gasteiger partial charge is 0.481 e. The van der Waals surface area contributed by atoms with Crippen molar-refractivity contribution in [3.05, 3.63) is 65.7 Å². The molecule has 2 aliphatic heterocycles. The molecule has 0 spiro atoms. The van der Waals surface area contributed by atoms with E-state index in [9.17, 15) is 9.59 Å². The summed E-state index contributed by atoms with van der Waals surface area (Å²) in [5.41, 5.74) is 2.68. The Bertz CT molecular complexity index is 1030. The van der Waals surface area contributed by atoms with Crippen molar-refractivity contribution in [2.75, 3.05) is 25.5 Å². The molecule has 4 rings (SSSR count). The summed E-state index contributed by atoms with van der Waals surface area (Å²) in [6.45, 7) is 3.41. The number of fused-ring (bicyclic) bond motifs is 1. The smallest absolute Gasteiger partial charge is 0.348 e. The Labute approximate surface area is 173 Å². The number of hydrogen-bond acceptors (Lipinski definition) is 6. The minimum atomic E-state index is -0.457. The van der Waals surface area contributed by atoms with Crippen molar-refractivity contribution in [3.63, 3.8) is 0 Å². The van der Waals surface area contributed by atoms with Crippen molar-refractivity contribution in [3.8, 4) is 5.88 Å². The number of nitrogens with zero attached hydrogens (tertiary/aromatic N) is 4. The molecule has 0 bridgehead atoms. The number of methoxy groups -OCH3 is 1. The third kappa shape index (κ3) is 4.09. The topological polar surface area (TPSA) is 96.4 Å². The lowest BCUT2D eigenvalue weighted by Gasteiger charge is -2.20. The van der Waals surface area contributed by atoms with Gasteiger partial charge in [0.15, 0.2) is 0 Å². The molecule has 0 radical (unpaired) electrons. The van der Waals surface area contributed by atoms with Gasteiger partial charge in [-0.25, -0.2) is 9.78 Å². The number of ether oxygens (including phenoxy) is 2. The molecule has 0 atom stereocenters. The maximum absolute atomic E-state index is 12.6. The molecule has 0 saturated heterocycles. The predicted molar refractivity (Wildman–Crippen MR) is 110 cm³/mol. The zero-order chi connectivity index (χ0) is 21.1. The summed E-state index contributed by atoms with van der Waals surface area (Å²) in [6.07, 6.45) is 3.03. The van der Waals surface area contributed by atoms with E-state index in [4.69, 9.17) is 9.47 Å². The number of benzene rings is 1. The molecular formula is C21H21N5O4. The van der Waals surface area contributed by atoms with Crippen LogP contribution in [-0.2, 0) is 16.1 Å². The highest BCUT2D eigenvalue weighted by molar-refractivity contribution is 6.06. The maximum atomic E-state index is 12.6. The molecule has 0 unspecified atom stereocenters. The third-order valence-electron chi connectivity index (χ3n) is 4.84. The molecule has 0 fully saturated rings. The Kier molecular flexibility index (Phi) is 5.34. The Morgan fingerprint density at radius 1 is 1.23 bits per heavy atom. The molecule has 1 aromatic carbocycles. The zero-order valence-corrected chi connectivity index (χ0v) is 16.7. The number of aryl methyl sites for hydroxylation is 1. The summed E-state index contributed by atoms with van der Waals surface area (Å²) >= 11 is 0. The van der Waals surface area contributed by atoms with E-state index in [-0.39, 0.29) is 11.8 Å². The molecule has 1 N–H and O–H groups in total. The second-order valence-electron chi connectivity index (χ2n) is 6.86. The van der Waals surface area contributed by atoms with Gasteiger partial charge in [-0.1, -0.05) is 24.3 Å². The number of aromatic nitrogens is 1. The van der Waals surface area contributed by atoms with E-state index in [0.29, 0.717) is 31.2 Å². The number of carbonyl (C=O) groups excluding carboxylic acids is 2. The van der Waals surface area contributed by atoms with Crippen LogP contribution in [0.1, 0.15) is 11.1 Å². The van der Waals surface area contributed by atoms with Gasteiger partial charge in [0.25, 0.3) is 5.91 Å². The van der Waals surface area contributed by atoms with Gasteiger partial charge >= 0.3 is 12.1 Å². The molecule has 1 aromatic heterocycles. The van der Waals surface area contributed by atoms with Crippen LogP contribution in [0.4, 0.5) is 10.5 Å². The van der Waals surface area contributed by atoms with Crippen molar-refractivity contribution < 1.29 is 19.1 Å². The lowest BCUT2D eigenvalue weighted by molar-refractivity contribution is -0.114. The van der Waals surface area contributed by atoms with E-state index in [0.717, 1.165) is 11.1 Å². The first-order valence-electron chi connectivity index (χ1n) is 9.43. The Balaban J connectivity index is 1.41. The molecule has 154 valence electrons. The SMILES string of the molecule is COc1ccc(NC(=O)C2=CN3CCN(Cc4ccccc4C)C(=O)N=C3O2)cn1. The van der Waals surface area contributed by atoms with E-state index >= 15 is 0 Å². The van der Waals surface area contributed by atoms with Gasteiger partial charge < -0.3 is 19.7 Å². The number of rotatable bonds is 5. The first-order chi connectivity index (χ1) is 14.5. The lowest BCUT2D eigenvalue weighted by Crippen LogP contribution is -2.32. The third-order valence-corrected chi connectivity index (χ3v) is 4.84. The number of aliphatic imine (C=N–C) groups is 1. The van der Waals surface area contributed by atoms with Gasteiger partial charge in [-0.05, 0) is 24.1 Å². The summed E-state index contributed by atoms with van der Waals surface area (Å²) in [7, 11) is 1.51. The normalized spacial score (nSPS) is 15.6. The maximum Gasteiger partial charge on any atom is 0.348 e. The molecule has 2 aromatic rings. The van der Waals surface area contributed by atoms with Gasteiger partial charge in [0, 0.05) is 25.7 Å². The molecule has 9 nitrogen and oxygen atoms in total. The number of anilines is 1. The molecule has 2 aliphatic rings. The molecule has 3 amide bonds. The van der Waals surface area contributed by atoms with Gasteiger partial charge in [0.1, 0.15) is 0 Å². The average Bonchev–Trinajstić information content (AvgIpc) is 3.09. The van der Waals surface area contributed by atoms with Crippen molar-refractivity contribution in [2.24, 2.45) is 4.99 Å². The fourth-order valence-electron chi connectivity index (χ4n) is 3.12. The highest BCUT2D eigenvalue weighted by Gasteiger charge is 2.31. The van der Waals surface area contributed by atoms with Crippen LogP contribution in [-0.4, -0.2) is 52.9 Å². The molecule has 3 heterocycles. The lowest BCUT2D eigenvalue weighted by atomic mass is 10.1. The van der Waals surface area contributed by atoms with Gasteiger partial charge in [0.2, 0.25) is 11.6 Å². The van der Waals surface area contributed by atoms with Crippen LogP contribution in [0.25, 0.3) is 0 Å². The standard InChI is InChI=1S/C21H21N5O4/c1-14-5-3-4-6-15(14)12-25-9-10-26-13-17(30-21(26)24-20(25)28)19(27)23-16-7-8-18(29-2)22-11-16/h3-8,11,13H,9-10,12H2,1-2H3,(H,23,27). The van der Waals surface area contributed by atoms with Gasteiger partial charge in [0.05, 0.1) is 25.2 Å². The number of amides is 3. The Hall–Kier alpha value is -3.88. The first-order valence-corrected chi connectivity index (χ1v) is 9.43. The first kappa shape index (κ1) is 19.4. The van der Waals surface area contributed by atoms with Crippen LogP contribution in [0.15, 0.2) is 59.5 Å². The van der Waals surface area contributed by atoms with E-state index in [1.807, 2.05) is 31.2 Å². The quantitative estimate of drug-likeness (QED) is 0.818. The van der Waals surface area contributed by atoms with Crippen LogP contribution >= 0.6 is 0 Å². The van der Waals surface area contributed by atoms with Gasteiger partial charge in [-0.2, -0.15) is 0 Å². The number of carbonyl (C=O) groups is 2. The van der Waals surface area contributed by atoms with Gasteiger partial charge in [-0.15, -0.1) is 4.99 Å². The van der Waals surface area contributed by atoms with Crippen LogP contribution in [0.2, 0.25) is 0 Å². The van der Waals surface area contributed by atoms with Crippen molar-refractivity contribution in [1.82, 2.24) is 14.8 Å². The van der Waals surface area contributed by atoms with Crippen LogP contribution in [0.5, 0.6) is 5.88 Å². The average molecular weight is 407 g/mol. The van der Waals surface area contributed by atoms with Crippen LogP contribution < -0.4 is 10.1 Å². The molecule has 0 aliphatic carbocycles. The van der Waals surface area contributed by atoms with Crippen molar-refractivity contribution >= 4 is 23.6 Å². The van der Waals surface area contributed by atoms with Crippen LogP contribution in [0, 0.1) is 6.92 Å². The fourth-order valence-corrected chi connectivity index (χ4v) is 3.12. The fraction of sp³-hybridized carbons (Fsp3) is 0.238. The number of hydrogen-bond donors (Lipinski definition) is 1. The number of amidine groups is 1. The highest BCUT2D eigenvalue weighted by Crippen LogP contribution is 2.21. The second-order valence-corrected chi connectivity index (χ2v) is 6.86. The summed E-state index contributed by atoms with van der Waals surface area (Å²) in [6, 6.07) is 10.9. The van der Waals surface area contributed by atoms with Crippen molar-refractivity contribution in [2.45, 2.75) is 13.5 Å². The van der Waals surface area contributed by atoms with E-state index in [1.165, 1.54) is 13.3 Å². The van der Waals surface area contributed by atoms with Crippen molar-refractivity contribution in [1.29, 1.82) is 0 Å². The molecular weight excluding hydrogens is 386 g/mol. The molecule has 9 heteroatoms. The molecule has 30 heavy (non-hydrogen) atoms. The Morgan fingerprint density at radius 2 is 2.07 bits per heavy atom. The number of nitrogens with one attached hydrogen (secondary N) is 1. The minimum Gasteiger partial charge on any atom is -0.481 e. The monoisotopic (exact) mass is 407 g/mol. The summed E-state index contributed by atoms with van der Waals surface area (Å²) in [5.74, 6) is 0.0486. The zero-order valence-electron chi connectivity index (χ0n) is 16.7. The summed E-state index contributed by atoms with van der Waals surface area (Å²) < 4.78 is 10.5. The molecule has 0 saturated carbocycles. The number of pyridine rings is 1. The van der Waals surface area contributed by atoms with E-state index in [2.05, 4.69) is 15.3 Å². The highest BCUT2D eigenvalue weighted by atomic mass is 16.5. The summed E-state index contributed by atoms with van der Waals surface area (Å²) in [4.78, 5) is 36.5. The van der Waals surface area contributed by atoms with E-state index < -0.39 is 11.9 Å². The predicted octanol–water partition coefficient (Wildman–Crippen LogP) is 2.50.